The zero-order valence-electron chi connectivity index (χ0n) is 18.0. The van der Waals surface area contributed by atoms with Gasteiger partial charge in [0, 0.05) is 55.1 Å². The van der Waals surface area contributed by atoms with Crippen molar-refractivity contribution in [3.63, 3.8) is 0 Å². The summed E-state index contributed by atoms with van der Waals surface area (Å²) >= 11 is 0. The van der Waals surface area contributed by atoms with Gasteiger partial charge in [0.25, 0.3) is 5.56 Å². The minimum atomic E-state index is -0.414. The van der Waals surface area contributed by atoms with Gasteiger partial charge in [0.15, 0.2) is 0 Å². The largest absolute Gasteiger partial charge is 0.497 e. The second-order valence-electron chi connectivity index (χ2n) is 8.55. The van der Waals surface area contributed by atoms with Gasteiger partial charge < -0.3 is 14.5 Å². The van der Waals surface area contributed by atoms with Crippen LogP contribution in [0.15, 0.2) is 59.5 Å². The Kier molecular flexibility index (Phi) is 4.82. The number of pyridine rings is 1. The number of methoxy groups -OCH3 is 1. The number of nitrogens with zero attached hydrogens (tertiary/aromatic N) is 3. The maximum absolute atomic E-state index is 14.4. The van der Waals surface area contributed by atoms with Crippen LogP contribution in [0.2, 0.25) is 0 Å². The summed E-state index contributed by atoms with van der Waals surface area (Å²) in [6.07, 6.45) is 2.87. The Morgan fingerprint density at radius 3 is 2.65 bits per heavy atom. The maximum Gasteiger partial charge on any atom is 0.255 e. The van der Waals surface area contributed by atoms with Gasteiger partial charge in [-0.2, -0.15) is 0 Å². The number of ether oxygens (including phenoxy) is 1. The predicted octanol–water partition coefficient (Wildman–Crippen LogP) is 3.89. The number of anilines is 1. The number of piperidine rings is 1. The topological polar surface area (TPSA) is 37.7 Å². The standard InChI is InChI=1S/C25H26FN3O2/c1-27-10-9-21-20-6-4-17(13-23(20)28(2)24(21)15-27)29-11-8-16(12-25(29)30)19-7-5-18(31-3)14-22(19)26/h4-8,11-14,21,24H,9-10,15H2,1-3H3. The zero-order valence-corrected chi connectivity index (χ0v) is 18.0. The summed E-state index contributed by atoms with van der Waals surface area (Å²) < 4.78 is 21.1. The number of rotatable bonds is 3. The SMILES string of the molecule is COc1ccc(-c2ccn(-c3ccc4c(c3)N(C)C3CN(C)CCC43)c(=O)c2)c(F)c1. The first-order valence-corrected chi connectivity index (χ1v) is 10.6. The number of fused-ring (bicyclic) bond motifs is 3. The first-order chi connectivity index (χ1) is 15.0. The van der Waals surface area contributed by atoms with Crippen molar-refractivity contribution in [1.29, 1.82) is 0 Å². The molecule has 0 aliphatic carbocycles. The van der Waals surface area contributed by atoms with E-state index in [1.165, 1.54) is 30.5 Å². The summed E-state index contributed by atoms with van der Waals surface area (Å²) in [5, 5.41) is 0. The highest BCUT2D eigenvalue weighted by molar-refractivity contribution is 5.67. The van der Waals surface area contributed by atoms with Crippen molar-refractivity contribution in [2.45, 2.75) is 18.4 Å². The average Bonchev–Trinajstić information content (AvgIpc) is 3.04. The van der Waals surface area contributed by atoms with E-state index in [9.17, 15) is 9.18 Å². The van der Waals surface area contributed by atoms with Crippen LogP contribution in [0.3, 0.4) is 0 Å². The first kappa shape index (κ1) is 19.8. The molecule has 0 radical (unpaired) electrons. The lowest BCUT2D eigenvalue weighted by atomic mass is 9.88. The molecule has 2 aliphatic heterocycles. The molecule has 3 aromatic rings. The summed E-state index contributed by atoms with van der Waals surface area (Å²) in [4.78, 5) is 17.7. The average molecular weight is 420 g/mol. The molecule has 1 saturated heterocycles. The van der Waals surface area contributed by atoms with E-state index in [-0.39, 0.29) is 5.56 Å². The van der Waals surface area contributed by atoms with Crippen LogP contribution in [0.4, 0.5) is 10.1 Å². The summed E-state index contributed by atoms with van der Waals surface area (Å²) in [6.45, 7) is 2.16. The molecule has 0 bridgehead atoms. The van der Waals surface area contributed by atoms with Crippen molar-refractivity contribution in [3.05, 3.63) is 76.5 Å². The van der Waals surface area contributed by atoms with Gasteiger partial charge in [0.1, 0.15) is 11.6 Å². The van der Waals surface area contributed by atoms with E-state index in [0.29, 0.717) is 28.8 Å². The summed E-state index contributed by atoms with van der Waals surface area (Å²) in [6, 6.07) is 14.7. The molecule has 1 fully saturated rings. The molecule has 5 nitrogen and oxygen atoms in total. The minimum absolute atomic E-state index is 0.189. The van der Waals surface area contributed by atoms with Gasteiger partial charge in [-0.3, -0.25) is 9.36 Å². The molecule has 160 valence electrons. The van der Waals surface area contributed by atoms with E-state index < -0.39 is 5.82 Å². The third kappa shape index (κ3) is 3.31. The number of halogens is 1. The smallest absolute Gasteiger partial charge is 0.255 e. The molecule has 0 saturated carbocycles. The number of aromatic nitrogens is 1. The lowest BCUT2D eigenvalue weighted by Crippen LogP contribution is -2.45. The minimum Gasteiger partial charge on any atom is -0.497 e. The number of benzene rings is 2. The van der Waals surface area contributed by atoms with E-state index in [4.69, 9.17) is 4.74 Å². The highest BCUT2D eigenvalue weighted by Crippen LogP contribution is 2.44. The molecule has 0 N–H and O–H groups in total. The number of likely N-dealkylation sites (N-methyl/N-ethyl adjacent to an activating group) is 2. The second kappa shape index (κ2) is 7.54. The third-order valence-corrected chi connectivity index (χ3v) is 6.76. The Morgan fingerprint density at radius 1 is 1.06 bits per heavy atom. The predicted molar refractivity (Wildman–Crippen MR) is 121 cm³/mol. The molecule has 2 unspecified atom stereocenters. The van der Waals surface area contributed by atoms with Crippen LogP contribution in [0.25, 0.3) is 16.8 Å². The highest BCUT2D eigenvalue weighted by atomic mass is 19.1. The normalized spacial score (nSPS) is 20.5. The highest BCUT2D eigenvalue weighted by Gasteiger charge is 2.39. The van der Waals surface area contributed by atoms with Gasteiger partial charge in [-0.05, 0) is 61.5 Å². The Balaban J connectivity index is 1.49. The van der Waals surface area contributed by atoms with Gasteiger partial charge in [-0.1, -0.05) is 6.07 Å². The fourth-order valence-corrected chi connectivity index (χ4v) is 5.04. The Hall–Kier alpha value is -3.12. The summed E-state index contributed by atoms with van der Waals surface area (Å²) in [7, 11) is 5.81. The molecule has 2 aliphatic rings. The number of hydrogen-bond acceptors (Lipinski definition) is 4. The van der Waals surface area contributed by atoms with E-state index in [0.717, 1.165) is 25.2 Å². The van der Waals surface area contributed by atoms with Crippen molar-refractivity contribution < 1.29 is 9.13 Å². The lowest BCUT2D eigenvalue weighted by molar-refractivity contribution is 0.233. The van der Waals surface area contributed by atoms with E-state index in [1.54, 1.807) is 29.0 Å². The fourth-order valence-electron chi connectivity index (χ4n) is 5.04. The Bertz CT molecular complexity index is 1210. The van der Waals surface area contributed by atoms with Crippen molar-refractivity contribution in [2.24, 2.45) is 0 Å². The molecule has 1 aromatic heterocycles. The summed E-state index contributed by atoms with van der Waals surface area (Å²) in [5.41, 5.74) is 4.13. The van der Waals surface area contributed by atoms with E-state index in [1.807, 2.05) is 6.07 Å². The van der Waals surface area contributed by atoms with Gasteiger partial charge in [-0.15, -0.1) is 0 Å². The zero-order chi connectivity index (χ0) is 21.7. The maximum atomic E-state index is 14.4. The van der Waals surface area contributed by atoms with Gasteiger partial charge in [0.2, 0.25) is 0 Å². The number of hydrogen-bond donors (Lipinski definition) is 0. The van der Waals surface area contributed by atoms with Crippen molar-refractivity contribution in [3.8, 4) is 22.6 Å². The number of likely N-dealkylation sites (tertiary alicyclic amines) is 1. The Morgan fingerprint density at radius 2 is 1.90 bits per heavy atom. The van der Waals surface area contributed by atoms with Gasteiger partial charge >= 0.3 is 0 Å². The lowest BCUT2D eigenvalue weighted by Gasteiger charge is -2.36. The molecule has 31 heavy (non-hydrogen) atoms. The van der Waals surface area contributed by atoms with Crippen LogP contribution in [0.1, 0.15) is 17.9 Å². The fraction of sp³-hybridized carbons (Fsp3) is 0.320. The molecule has 5 rings (SSSR count). The second-order valence-corrected chi connectivity index (χ2v) is 8.55. The molecular formula is C25H26FN3O2. The van der Waals surface area contributed by atoms with Crippen LogP contribution in [-0.2, 0) is 0 Å². The molecule has 3 heterocycles. The van der Waals surface area contributed by atoms with Crippen LogP contribution in [0, 0.1) is 5.82 Å². The third-order valence-electron chi connectivity index (χ3n) is 6.76. The molecule has 2 atom stereocenters. The molecule has 0 spiro atoms. The monoisotopic (exact) mass is 419 g/mol. The quantitative estimate of drug-likeness (QED) is 0.646. The Labute approximate surface area is 181 Å². The van der Waals surface area contributed by atoms with Crippen LogP contribution < -0.4 is 15.2 Å². The molecular weight excluding hydrogens is 393 g/mol. The first-order valence-electron chi connectivity index (χ1n) is 10.6. The van der Waals surface area contributed by atoms with Crippen LogP contribution >= 0.6 is 0 Å². The van der Waals surface area contributed by atoms with Crippen molar-refractivity contribution >= 4 is 5.69 Å². The van der Waals surface area contributed by atoms with E-state index >= 15 is 0 Å². The molecule has 0 amide bonds. The van der Waals surface area contributed by atoms with Gasteiger partial charge in [-0.25, -0.2) is 4.39 Å². The van der Waals surface area contributed by atoms with Crippen molar-refractivity contribution in [2.75, 3.05) is 39.2 Å². The molecule has 6 heteroatoms. The van der Waals surface area contributed by atoms with Gasteiger partial charge in [0.05, 0.1) is 12.8 Å². The molecule has 2 aromatic carbocycles. The van der Waals surface area contributed by atoms with E-state index in [2.05, 4.69) is 36.0 Å². The van der Waals surface area contributed by atoms with Crippen LogP contribution in [0.5, 0.6) is 5.75 Å². The van der Waals surface area contributed by atoms with Crippen molar-refractivity contribution in [1.82, 2.24) is 9.47 Å². The summed E-state index contributed by atoms with van der Waals surface area (Å²) in [5.74, 6) is 0.578. The van der Waals surface area contributed by atoms with Crippen LogP contribution in [-0.4, -0.2) is 49.8 Å².